The van der Waals surface area contributed by atoms with E-state index in [2.05, 4.69) is 9.72 Å². The van der Waals surface area contributed by atoms with Crippen molar-refractivity contribution in [1.29, 1.82) is 0 Å². The molecule has 0 spiro atoms. The number of amides is 1. The summed E-state index contributed by atoms with van der Waals surface area (Å²) in [7, 11) is -3.87. The number of nitrogens with zero attached hydrogens (tertiary/aromatic N) is 3. The van der Waals surface area contributed by atoms with Crippen LogP contribution < -0.4 is 4.74 Å². The van der Waals surface area contributed by atoms with Crippen LogP contribution in [0.15, 0.2) is 35.4 Å². The van der Waals surface area contributed by atoms with Crippen LogP contribution in [0.1, 0.15) is 33.2 Å². The molecule has 2 aliphatic rings. The first kappa shape index (κ1) is 19.7. The number of ether oxygens (including phenoxy) is 1. The number of alkyl halides is 2. The Morgan fingerprint density at radius 3 is 2.66 bits per heavy atom. The highest BCUT2D eigenvalue weighted by Gasteiger charge is 2.44. The number of aryl methyl sites for hydroxylation is 2. The highest BCUT2D eigenvalue weighted by Crippen LogP contribution is 2.38. The summed E-state index contributed by atoms with van der Waals surface area (Å²) < 4.78 is 56.9. The van der Waals surface area contributed by atoms with E-state index in [1.165, 1.54) is 29.4 Å². The number of benzene rings is 1. The molecule has 0 aliphatic carbocycles. The zero-order valence-corrected chi connectivity index (χ0v) is 16.6. The summed E-state index contributed by atoms with van der Waals surface area (Å²) in [5.41, 5.74) is 2.26. The third-order valence-corrected chi connectivity index (χ3v) is 7.36. The Labute approximate surface area is 167 Å². The number of hydrogen-bond donors (Lipinski definition) is 0. The van der Waals surface area contributed by atoms with Gasteiger partial charge in [-0.25, -0.2) is 8.42 Å². The van der Waals surface area contributed by atoms with Gasteiger partial charge < -0.3 is 9.64 Å². The number of piperazine rings is 1. The van der Waals surface area contributed by atoms with Crippen LogP contribution in [0.2, 0.25) is 0 Å². The molecule has 154 valence electrons. The summed E-state index contributed by atoms with van der Waals surface area (Å²) in [6.45, 7) is 0.852. The molecule has 29 heavy (non-hydrogen) atoms. The van der Waals surface area contributed by atoms with Gasteiger partial charge in [0.15, 0.2) is 0 Å². The Kier molecular flexibility index (Phi) is 4.78. The maximum absolute atomic E-state index is 13.2. The van der Waals surface area contributed by atoms with Gasteiger partial charge in [0.25, 0.3) is 5.91 Å². The molecule has 1 unspecified atom stereocenters. The lowest BCUT2D eigenvalue weighted by atomic mass is 10.0. The maximum Gasteiger partial charge on any atom is 0.387 e. The van der Waals surface area contributed by atoms with E-state index in [9.17, 15) is 22.0 Å². The average Bonchev–Trinajstić information content (AvgIpc) is 2.94. The predicted molar refractivity (Wildman–Crippen MR) is 99.3 cm³/mol. The van der Waals surface area contributed by atoms with E-state index in [0.717, 1.165) is 5.56 Å². The van der Waals surface area contributed by atoms with Crippen LogP contribution in [0.25, 0.3) is 0 Å². The zero-order valence-electron chi connectivity index (χ0n) is 15.8. The molecule has 2 aliphatic heterocycles. The van der Waals surface area contributed by atoms with Crippen molar-refractivity contribution < 1.29 is 26.7 Å². The summed E-state index contributed by atoms with van der Waals surface area (Å²) in [6.07, 6.45) is 1.62. The van der Waals surface area contributed by atoms with Crippen molar-refractivity contribution in [2.45, 2.75) is 31.4 Å². The number of sulfonamides is 1. The quantitative estimate of drug-likeness (QED) is 0.755. The van der Waals surface area contributed by atoms with Gasteiger partial charge in [0, 0.05) is 25.8 Å². The predicted octanol–water partition coefficient (Wildman–Crippen LogP) is 2.50. The molecule has 4 rings (SSSR count). The molecule has 1 aromatic heterocycles. The lowest BCUT2D eigenvalue weighted by Gasteiger charge is -2.37. The number of carbonyl (C=O) groups is 1. The molecule has 1 aromatic carbocycles. The first-order valence-electron chi connectivity index (χ1n) is 9.02. The molecule has 0 N–H and O–H groups in total. The highest BCUT2D eigenvalue weighted by atomic mass is 32.2. The van der Waals surface area contributed by atoms with Crippen molar-refractivity contribution in [2.75, 3.05) is 19.6 Å². The summed E-state index contributed by atoms with van der Waals surface area (Å²) >= 11 is 0. The molecule has 10 heteroatoms. The topological polar surface area (TPSA) is 79.8 Å². The van der Waals surface area contributed by atoms with Gasteiger partial charge in [0.05, 0.1) is 22.2 Å². The van der Waals surface area contributed by atoms with Crippen LogP contribution in [0.5, 0.6) is 5.75 Å². The molecule has 7 nitrogen and oxygen atoms in total. The van der Waals surface area contributed by atoms with E-state index in [1.807, 2.05) is 0 Å². The van der Waals surface area contributed by atoms with Crippen LogP contribution >= 0.6 is 0 Å². The van der Waals surface area contributed by atoms with E-state index >= 15 is 0 Å². The van der Waals surface area contributed by atoms with Crippen molar-refractivity contribution in [3.05, 3.63) is 52.8 Å². The van der Waals surface area contributed by atoms with Crippen molar-refractivity contribution in [3.8, 4) is 5.75 Å². The van der Waals surface area contributed by atoms with Crippen LogP contribution in [-0.4, -0.2) is 54.8 Å². The van der Waals surface area contributed by atoms with Crippen molar-refractivity contribution in [3.63, 3.8) is 0 Å². The summed E-state index contributed by atoms with van der Waals surface area (Å²) in [5, 5.41) is 0. The number of halogens is 2. The fourth-order valence-corrected chi connectivity index (χ4v) is 5.64. The molecule has 3 heterocycles. The molecule has 1 amide bonds. The van der Waals surface area contributed by atoms with E-state index in [4.69, 9.17) is 0 Å². The summed E-state index contributed by atoms with van der Waals surface area (Å²) in [5.74, 6) is -0.225. The zero-order chi connectivity index (χ0) is 20.9. The second kappa shape index (κ2) is 7.03. The third kappa shape index (κ3) is 3.25. The van der Waals surface area contributed by atoms with Crippen molar-refractivity contribution >= 4 is 15.9 Å². The van der Waals surface area contributed by atoms with Crippen LogP contribution in [-0.2, 0) is 10.0 Å². The number of fused-ring (bicyclic) bond motifs is 3. The second-order valence-electron chi connectivity index (χ2n) is 7.04. The number of carbonyl (C=O) groups excluding carboxylic acids is 1. The fourth-order valence-electron chi connectivity index (χ4n) is 4.00. The number of pyridine rings is 1. The van der Waals surface area contributed by atoms with Crippen LogP contribution in [0.3, 0.4) is 0 Å². The molecule has 1 fully saturated rings. The minimum Gasteiger partial charge on any atom is -0.435 e. The molecule has 1 saturated heterocycles. The third-order valence-electron chi connectivity index (χ3n) is 5.34. The van der Waals surface area contributed by atoms with Crippen molar-refractivity contribution in [2.24, 2.45) is 0 Å². The molecule has 0 saturated carbocycles. The maximum atomic E-state index is 13.2. The molecule has 1 atom stereocenters. The Morgan fingerprint density at radius 1 is 1.21 bits per heavy atom. The number of rotatable bonds is 4. The lowest BCUT2D eigenvalue weighted by molar-refractivity contribution is -0.0499. The molecule has 0 radical (unpaired) electrons. The molecular formula is C19H19F2N3O4S. The minimum atomic E-state index is -3.87. The first-order valence-corrected chi connectivity index (χ1v) is 10.5. The lowest BCUT2D eigenvalue weighted by Crippen LogP contribution is -2.49. The second-order valence-corrected chi connectivity index (χ2v) is 8.95. The molecule has 0 bridgehead atoms. The summed E-state index contributed by atoms with van der Waals surface area (Å²) in [4.78, 5) is 18.6. The van der Waals surface area contributed by atoms with E-state index < -0.39 is 16.6 Å². The Hall–Kier alpha value is -2.59. The Balaban J connectivity index is 1.64. The Morgan fingerprint density at radius 2 is 1.97 bits per heavy atom. The summed E-state index contributed by atoms with van der Waals surface area (Å²) in [6, 6.07) is 5.15. The van der Waals surface area contributed by atoms with Gasteiger partial charge >= 0.3 is 6.61 Å². The van der Waals surface area contributed by atoms with Gasteiger partial charge in [-0.05, 0) is 49.2 Å². The molecule has 2 aromatic rings. The minimum absolute atomic E-state index is 0.0306. The first-order chi connectivity index (χ1) is 13.7. The van der Waals surface area contributed by atoms with Crippen molar-refractivity contribution in [1.82, 2.24) is 14.2 Å². The van der Waals surface area contributed by atoms with Gasteiger partial charge in [-0.1, -0.05) is 0 Å². The van der Waals surface area contributed by atoms with Gasteiger partial charge in [-0.2, -0.15) is 13.1 Å². The highest BCUT2D eigenvalue weighted by molar-refractivity contribution is 7.89. The van der Waals surface area contributed by atoms with Gasteiger partial charge in [0.1, 0.15) is 5.75 Å². The smallest absolute Gasteiger partial charge is 0.387 e. The Bertz CT molecular complexity index is 1090. The van der Waals surface area contributed by atoms with Gasteiger partial charge in [-0.3, -0.25) is 9.78 Å². The van der Waals surface area contributed by atoms with Crippen LogP contribution in [0, 0.1) is 13.8 Å². The van der Waals surface area contributed by atoms with Gasteiger partial charge in [0.2, 0.25) is 10.0 Å². The van der Waals surface area contributed by atoms with E-state index in [0.29, 0.717) is 16.8 Å². The van der Waals surface area contributed by atoms with Crippen LogP contribution in [0.4, 0.5) is 8.78 Å². The number of aromatic nitrogens is 1. The monoisotopic (exact) mass is 423 g/mol. The van der Waals surface area contributed by atoms with Gasteiger partial charge in [-0.15, -0.1) is 0 Å². The molecular weight excluding hydrogens is 404 g/mol. The largest absolute Gasteiger partial charge is 0.435 e. The number of hydrogen-bond acceptors (Lipinski definition) is 5. The van der Waals surface area contributed by atoms with E-state index in [-0.39, 0.29) is 42.2 Å². The normalized spacial score (nSPS) is 19.4. The van der Waals surface area contributed by atoms with E-state index in [1.54, 1.807) is 24.1 Å². The average molecular weight is 423 g/mol. The fraction of sp³-hybridized carbons (Fsp3) is 0.368. The SMILES string of the molecule is Cc1cc(OC(F)F)ccc1S(=O)(=O)N1CCN2C(=O)c3c(ccnc3C)C2C1. The standard InChI is InChI=1S/C19H19F2N3O4S/c1-11-9-13(28-19(20)21)3-4-16(11)29(26,27)23-7-8-24-15(10-23)14-5-6-22-12(2)17(14)18(24)25/h3-6,9,15,19H,7-8,10H2,1-2H3.